The number of rotatable bonds is 5. The van der Waals surface area contributed by atoms with Crippen LogP contribution in [0.2, 0.25) is 0 Å². The molecule has 1 atom stereocenters. The number of nitrogens with zero attached hydrogens (tertiary/aromatic N) is 1. The lowest BCUT2D eigenvalue weighted by atomic mass is 10.00. The minimum absolute atomic E-state index is 0.0903. The van der Waals surface area contributed by atoms with Crippen LogP contribution < -0.4 is 10.2 Å². The van der Waals surface area contributed by atoms with E-state index in [1.165, 1.54) is 11.3 Å². The topological polar surface area (TPSA) is 49.4 Å². The van der Waals surface area contributed by atoms with Crippen molar-refractivity contribution in [2.24, 2.45) is 0 Å². The van der Waals surface area contributed by atoms with Gasteiger partial charge in [-0.3, -0.25) is 14.5 Å². The Labute approximate surface area is 178 Å². The lowest BCUT2D eigenvalue weighted by Crippen LogP contribution is -2.29. The summed E-state index contributed by atoms with van der Waals surface area (Å²) < 4.78 is 0. The van der Waals surface area contributed by atoms with Gasteiger partial charge < -0.3 is 5.32 Å². The van der Waals surface area contributed by atoms with E-state index < -0.39 is 0 Å². The van der Waals surface area contributed by atoms with E-state index in [-0.39, 0.29) is 17.2 Å². The lowest BCUT2D eigenvalue weighted by molar-refractivity contribution is -0.115. The SMILES string of the molecule is CC(C)c1ccccc1N1C(=O)CSC1c1ccccc1NC(=O)c1cccs1. The minimum atomic E-state index is -0.178. The first-order valence-electron chi connectivity index (χ1n) is 9.52. The van der Waals surface area contributed by atoms with Crippen LogP contribution in [0.1, 0.15) is 45.9 Å². The summed E-state index contributed by atoms with van der Waals surface area (Å²) in [6, 6.07) is 19.5. The molecule has 29 heavy (non-hydrogen) atoms. The second-order valence-electron chi connectivity index (χ2n) is 7.16. The molecule has 6 heteroatoms. The van der Waals surface area contributed by atoms with Crippen LogP contribution in [-0.4, -0.2) is 17.6 Å². The quantitative estimate of drug-likeness (QED) is 0.557. The summed E-state index contributed by atoms with van der Waals surface area (Å²) in [6.07, 6.45) is 0. The van der Waals surface area contributed by atoms with E-state index in [4.69, 9.17) is 0 Å². The van der Waals surface area contributed by atoms with Crippen molar-refractivity contribution >= 4 is 46.3 Å². The highest BCUT2D eigenvalue weighted by Crippen LogP contribution is 2.46. The molecule has 1 saturated heterocycles. The summed E-state index contributed by atoms with van der Waals surface area (Å²) in [5, 5.41) is 4.74. The van der Waals surface area contributed by atoms with Crippen LogP contribution in [0.4, 0.5) is 11.4 Å². The number of hydrogen-bond donors (Lipinski definition) is 1. The summed E-state index contributed by atoms with van der Waals surface area (Å²) in [7, 11) is 0. The first-order valence-corrected chi connectivity index (χ1v) is 11.5. The Morgan fingerprint density at radius 2 is 1.83 bits per heavy atom. The maximum absolute atomic E-state index is 12.9. The standard InChI is InChI=1S/C23H22N2O2S2/c1-15(2)16-8-4-6-11-19(16)25-21(26)14-29-23(25)17-9-3-5-10-18(17)24-22(27)20-12-7-13-28-20/h3-13,15,23H,14H2,1-2H3,(H,24,27). The predicted octanol–water partition coefficient (Wildman–Crippen LogP) is 5.90. The highest BCUT2D eigenvalue weighted by molar-refractivity contribution is 8.00. The van der Waals surface area contributed by atoms with E-state index in [1.54, 1.807) is 11.8 Å². The molecule has 0 radical (unpaired) electrons. The minimum Gasteiger partial charge on any atom is -0.321 e. The number of benzene rings is 2. The number of para-hydroxylation sites is 2. The molecule has 1 N–H and O–H groups in total. The summed E-state index contributed by atoms with van der Waals surface area (Å²) in [4.78, 5) is 28.0. The smallest absolute Gasteiger partial charge is 0.265 e. The Hall–Kier alpha value is -2.57. The van der Waals surface area contributed by atoms with Crippen LogP contribution in [0.25, 0.3) is 0 Å². The fraction of sp³-hybridized carbons (Fsp3) is 0.217. The van der Waals surface area contributed by atoms with Crippen molar-refractivity contribution in [1.82, 2.24) is 0 Å². The van der Waals surface area contributed by atoms with E-state index in [0.717, 1.165) is 22.5 Å². The monoisotopic (exact) mass is 422 g/mol. The van der Waals surface area contributed by atoms with Crippen LogP contribution in [0, 0.1) is 0 Å². The summed E-state index contributed by atoms with van der Waals surface area (Å²) in [5.41, 5.74) is 3.77. The summed E-state index contributed by atoms with van der Waals surface area (Å²) >= 11 is 3.00. The van der Waals surface area contributed by atoms with Crippen molar-refractivity contribution in [2.45, 2.75) is 25.1 Å². The first kappa shape index (κ1) is 19.7. The van der Waals surface area contributed by atoms with Gasteiger partial charge in [0.1, 0.15) is 5.37 Å². The van der Waals surface area contributed by atoms with Gasteiger partial charge in [0.25, 0.3) is 5.91 Å². The molecule has 4 rings (SSSR count). The molecule has 1 fully saturated rings. The molecule has 4 nitrogen and oxygen atoms in total. The average Bonchev–Trinajstić information content (AvgIpc) is 3.38. The molecule has 0 saturated carbocycles. The van der Waals surface area contributed by atoms with Gasteiger partial charge in [0.2, 0.25) is 5.91 Å². The van der Waals surface area contributed by atoms with Gasteiger partial charge in [-0.2, -0.15) is 0 Å². The largest absolute Gasteiger partial charge is 0.321 e. The van der Waals surface area contributed by atoms with Gasteiger partial charge in [0.15, 0.2) is 0 Å². The van der Waals surface area contributed by atoms with Crippen LogP contribution in [0.5, 0.6) is 0 Å². The Balaban J connectivity index is 1.71. The zero-order valence-corrected chi connectivity index (χ0v) is 17.9. The van der Waals surface area contributed by atoms with Crippen LogP contribution in [-0.2, 0) is 4.79 Å². The first-order chi connectivity index (χ1) is 14.1. The third kappa shape index (κ3) is 3.95. The number of carbonyl (C=O) groups excluding carboxylic acids is 2. The number of thioether (sulfide) groups is 1. The Morgan fingerprint density at radius 1 is 1.07 bits per heavy atom. The van der Waals surface area contributed by atoms with Crippen LogP contribution >= 0.6 is 23.1 Å². The summed E-state index contributed by atoms with van der Waals surface area (Å²) in [6.45, 7) is 4.27. The highest BCUT2D eigenvalue weighted by Gasteiger charge is 2.36. The molecule has 1 aromatic heterocycles. The Morgan fingerprint density at radius 3 is 2.59 bits per heavy atom. The third-order valence-electron chi connectivity index (χ3n) is 4.91. The Kier molecular flexibility index (Phi) is 5.74. The molecule has 2 heterocycles. The van der Waals surface area contributed by atoms with Crippen molar-refractivity contribution in [1.29, 1.82) is 0 Å². The van der Waals surface area contributed by atoms with Gasteiger partial charge in [-0.15, -0.1) is 23.1 Å². The lowest BCUT2D eigenvalue weighted by Gasteiger charge is -2.28. The molecule has 3 aromatic rings. The zero-order chi connectivity index (χ0) is 20.4. The highest BCUT2D eigenvalue weighted by atomic mass is 32.2. The van der Waals surface area contributed by atoms with E-state index in [0.29, 0.717) is 16.5 Å². The molecule has 1 unspecified atom stereocenters. The van der Waals surface area contributed by atoms with Crippen molar-refractivity contribution < 1.29 is 9.59 Å². The molecular weight excluding hydrogens is 400 g/mol. The maximum atomic E-state index is 12.9. The molecule has 0 spiro atoms. The van der Waals surface area contributed by atoms with Gasteiger partial charge in [0.05, 0.1) is 10.6 Å². The van der Waals surface area contributed by atoms with E-state index >= 15 is 0 Å². The van der Waals surface area contributed by atoms with Crippen LogP contribution in [0.15, 0.2) is 66.0 Å². The second-order valence-corrected chi connectivity index (χ2v) is 9.18. The predicted molar refractivity (Wildman–Crippen MR) is 122 cm³/mol. The number of thiophene rings is 1. The number of nitrogens with one attached hydrogen (secondary N) is 1. The molecule has 148 valence electrons. The van der Waals surface area contributed by atoms with E-state index in [2.05, 4.69) is 25.2 Å². The van der Waals surface area contributed by atoms with Gasteiger partial charge in [0, 0.05) is 16.9 Å². The number of anilines is 2. The van der Waals surface area contributed by atoms with Crippen molar-refractivity contribution in [2.75, 3.05) is 16.0 Å². The molecule has 0 bridgehead atoms. The molecule has 1 aliphatic heterocycles. The van der Waals surface area contributed by atoms with Crippen molar-refractivity contribution in [3.05, 3.63) is 82.0 Å². The van der Waals surface area contributed by atoms with Gasteiger partial charge in [-0.1, -0.05) is 56.3 Å². The third-order valence-corrected chi connectivity index (χ3v) is 6.97. The normalized spacial score (nSPS) is 16.4. The maximum Gasteiger partial charge on any atom is 0.265 e. The van der Waals surface area contributed by atoms with Gasteiger partial charge >= 0.3 is 0 Å². The molecule has 2 aromatic carbocycles. The van der Waals surface area contributed by atoms with Crippen molar-refractivity contribution in [3.63, 3.8) is 0 Å². The fourth-order valence-electron chi connectivity index (χ4n) is 3.53. The summed E-state index contributed by atoms with van der Waals surface area (Å²) in [5.74, 6) is 0.687. The van der Waals surface area contributed by atoms with Gasteiger partial charge in [-0.25, -0.2) is 0 Å². The van der Waals surface area contributed by atoms with Gasteiger partial charge in [-0.05, 0) is 35.1 Å². The number of carbonyl (C=O) groups is 2. The Bertz CT molecular complexity index is 1030. The average molecular weight is 423 g/mol. The number of amides is 2. The molecule has 0 aliphatic carbocycles. The second kappa shape index (κ2) is 8.43. The molecular formula is C23H22N2O2S2. The number of hydrogen-bond acceptors (Lipinski definition) is 4. The molecule has 2 amide bonds. The zero-order valence-electron chi connectivity index (χ0n) is 16.3. The molecule has 1 aliphatic rings. The fourth-order valence-corrected chi connectivity index (χ4v) is 5.35. The van der Waals surface area contributed by atoms with Crippen molar-refractivity contribution in [3.8, 4) is 0 Å². The van der Waals surface area contributed by atoms with E-state index in [9.17, 15) is 9.59 Å². The van der Waals surface area contributed by atoms with Crippen LogP contribution in [0.3, 0.4) is 0 Å². The van der Waals surface area contributed by atoms with E-state index in [1.807, 2.05) is 64.9 Å².